The van der Waals surface area contributed by atoms with Gasteiger partial charge in [-0.1, -0.05) is 25.1 Å². The molecule has 0 saturated heterocycles. The number of hydrogen-bond donors (Lipinski definition) is 1. The van der Waals surface area contributed by atoms with Crippen LogP contribution in [0, 0.1) is 0 Å². The first kappa shape index (κ1) is 15.8. The number of allylic oxidation sites excluding steroid dienone is 2. The third kappa shape index (κ3) is 3.16. The Morgan fingerprint density at radius 1 is 1.26 bits per heavy atom. The van der Waals surface area contributed by atoms with Gasteiger partial charge in [0.15, 0.2) is 5.78 Å². The van der Waals surface area contributed by atoms with Crippen molar-refractivity contribution in [2.75, 3.05) is 0 Å². The first-order valence-corrected chi connectivity index (χ1v) is 8.41. The molecule has 1 aliphatic carbocycles. The Labute approximate surface area is 136 Å². The molecule has 0 saturated carbocycles. The van der Waals surface area contributed by atoms with Crippen LogP contribution in [0.25, 0.3) is 0 Å². The van der Waals surface area contributed by atoms with Gasteiger partial charge in [-0.05, 0) is 32.3 Å². The number of rotatable bonds is 4. The van der Waals surface area contributed by atoms with Crippen molar-refractivity contribution in [3.8, 4) is 5.75 Å². The maximum atomic E-state index is 12.5. The zero-order valence-electron chi connectivity index (χ0n) is 13.7. The van der Waals surface area contributed by atoms with Crippen molar-refractivity contribution in [2.24, 2.45) is 0 Å². The normalized spacial score (nSPS) is 22.4. The lowest BCUT2D eigenvalue weighted by Crippen LogP contribution is -2.36. The fourth-order valence-electron chi connectivity index (χ4n) is 3.35. The van der Waals surface area contributed by atoms with Crippen LogP contribution in [-0.2, 0) is 9.59 Å². The molecule has 1 aliphatic heterocycles. The van der Waals surface area contributed by atoms with Crippen molar-refractivity contribution < 1.29 is 14.3 Å². The van der Waals surface area contributed by atoms with Crippen molar-refractivity contribution in [3.05, 3.63) is 41.1 Å². The van der Waals surface area contributed by atoms with E-state index in [1.54, 1.807) is 0 Å². The summed E-state index contributed by atoms with van der Waals surface area (Å²) in [6.45, 7) is 4.10. The number of benzene rings is 1. The van der Waals surface area contributed by atoms with E-state index in [9.17, 15) is 9.59 Å². The van der Waals surface area contributed by atoms with E-state index < -0.39 is 0 Å². The Bertz CT molecular complexity index is 662. The molecule has 1 heterocycles. The average Bonchev–Trinajstić information content (AvgIpc) is 2.54. The largest absolute Gasteiger partial charge is 0.490 e. The summed E-state index contributed by atoms with van der Waals surface area (Å²) in [5.41, 5.74) is 2.56. The molecular weight excluding hydrogens is 290 g/mol. The second-order valence-corrected chi connectivity index (χ2v) is 6.35. The first-order chi connectivity index (χ1) is 11.1. The molecule has 1 aromatic rings. The molecule has 0 spiro atoms. The fraction of sp³-hybridized carbons (Fsp3) is 0.474. The molecule has 0 aromatic heterocycles. The van der Waals surface area contributed by atoms with E-state index in [2.05, 4.69) is 12.2 Å². The van der Waals surface area contributed by atoms with Crippen LogP contribution >= 0.6 is 0 Å². The molecule has 1 aromatic carbocycles. The molecule has 0 fully saturated rings. The molecule has 0 radical (unpaired) electrons. The van der Waals surface area contributed by atoms with Crippen LogP contribution in [0.1, 0.15) is 57.4 Å². The van der Waals surface area contributed by atoms with Crippen LogP contribution < -0.4 is 10.1 Å². The molecule has 3 rings (SSSR count). The zero-order valence-corrected chi connectivity index (χ0v) is 13.7. The van der Waals surface area contributed by atoms with Gasteiger partial charge in [0.05, 0.1) is 6.10 Å². The van der Waals surface area contributed by atoms with Gasteiger partial charge < -0.3 is 10.1 Å². The van der Waals surface area contributed by atoms with Gasteiger partial charge in [-0.15, -0.1) is 0 Å². The van der Waals surface area contributed by atoms with E-state index in [4.69, 9.17) is 4.74 Å². The van der Waals surface area contributed by atoms with Crippen LogP contribution in [-0.4, -0.2) is 17.8 Å². The van der Waals surface area contributed by atoms with Crippen molar-refractivity contribution in [3.63, 3.8) is 0 Å². The maximum Gasteiger partial charge on any atom is 0.225 e. The SMILES string of the molecule is CC[C@@H](C)Oc1ccccc1[C@@H]1CC(=O)NC2=C1C(=O)CCC2. The minimum atomic E-state index is -0.188. The number of hydrogen-bond acceptors (Lipinski definition) is 3. The topological polar surface area (TPSA) is 55.4 Å². The van der Waals surface area contributed by atoms with Gasteiger partial charge in [0, 0.05) is 35.6 Å². The summed E-state index contributed by atoms with van der Waals surface area (Å²) in [6.07, 6.45) is 3.48. The quantitative estimate of drug-likeness (QED) is 0.926. The predicted octanol–water partition coefficient (Wildman–Crippen LogP) is 3.47. The lowest BCUT2D eigenvalue weighted by Gasteiger charge is -2.32. The van der Waals surface area contributed by atoms with E-state index in [-0.39, 0.29) is 23.7 Å². The number of ether oxygens (including phenoxy) is 1. The van der Waals surface area contributed by atoms with Gasteiger partial charge in [-0.25, -0.2) is 0 Å². The van der Waals surface area contributed by atoms with Gasteiger partial charge >= 0.3 is 0 Å². The number of carbonyl (C=O) groups is 2. The van der Waals surface area contributed by atoms with E-state index in [0.717, 1.165) is 41.8 Å². The monoisotopic (exact) mass is 313 g/mol. The molecule has 4 heteroatoms. The number of para-hydroxylation sites is 1. The highest BCUT2D eigenvalue weighted by Crippen LogP contribution is 2.41. The Morgan fingerprint density at radius 3 is 2.83 bits per heavy atom. The molecule has 0 unspecified atom stereocenters. The highest BCUT2D eigenvalue weighted by molar-refractivity contribution is 6.01. The van der Waals surface area contributed by atoms with Gasteiger partial charge in [0.2, 0.25) is 5.91 Å². The molecular formula is C19H23NO3. The molecule has 1 amide bonds. The Morgan fingerprint density at radius 2 is 2.04 bits per heavy atom. The Kier molecular flexibility index (Phi) is 4.51. The summed E-state index contributed by atoms with van der Waals surface area (Å²) in [5, 5.41) is 2.90. The van der Waals surface area contributed by atoms with Crippen LogP contribution in [0.5, 0.6) is 5.75 Å². The summed E-state index contributed by atoms with van der Waals surface area (Å²) < 4.78 is 6.03. The number of carbonyl (C=O) groups excluding carboxylic acids is 2. The Balaban J connectivity index is 2.03. The summed E-state index contributed by atoms with van der Waals surface area (Å²) in [5.74, 6) is 0.745. The molecule has 0 bridgehead atoms. The van der Waals surface area contributed by atoms with E-state index in [1.165, 1.54) is 0 Å². The molecule has 122 valence electrons. The second kappa shape index (κ2) is 6.57. The molecule has 4 nitrogen and oxygen atoms in total. The summed E-state index contributed by atoms with van der Waals surface area (Å²) >= 11 is 0. The van der Waals surface area contributed by atoms with E-state index in [0.29, 0.717) is 12.8 Å². The van der Waals surface area contributed by atoms with Crippen molar-refractivity contribution in [1.29, 1.82) is 0 Å². The third-order valence-corrected chi connectivity index (χ3v) is 4.68. The van der Waals surface area contributed by atoms with E-state index in [1.807, 2.05) is 31.2 Å². The maximum absolute atomic E-state index is 12.5. The van der Waals surface area contributed by atoms with Gasteiger partial charge in [0.1, 0.15) is 5.75 Å². The molecule has 2 atom stereocenters. The fourth-order valence-corrected chi connectivity index (χ4v) is 3.35. The van der Waals surface area contributed by atoms with Crippen LogP contribution in [0.4, 0.5) is 0 Å². The van der Waals surface area contributed by atoms with Crippen LogP contribution in [0.2, 0.25) is 0 Å². The smallest absolute Gasteiger partial charge is 0.225 e. The predicted molar refractivity (Wildman–Crippen MR) is 88.2 cm³/mol. The van der Waals surface area contributed by atoms with Gasteiger partial charge in [-0.3, -0.25) is 9.59 Å². The second-order valence-electron chi connectivity index (χ2n) is 6.35. The number of Topliss-reactive ketones (excluding diaryl/α,β-unsaturated/α-hetero) is 1. The lowest BCUT2D eigenvalue weighted by molar-refractivity contribution is -0.122. The van der Waals surface area contributed by atoms with Gasteiger partial charge in [-0.2, -0.15) is 0 Å². The Hall–Kier alpha value is -2.10. The van der Waals surface area contributed by atoms with Crippen molar-refractivity contribution in [2.45, 2.75) is 58.0 Å². The molecule has 1 N–H and O–H groups in total. The number of nitrogens with one attached hydrogen (secondary N) is 1. The number of amides is 1. The lowest BCUT2D eigenvalue weighted by atomic mass is 9.78. The van der Waals surface area contributed by atoms with Crippen molar-refractivity contribution >= 4 is 11.7 Å². The molecule has 23 heavy (non-hydrogen) atoms. The number of ketones is 1. The first-order valence-electron chi connectivity index (χ1n) is 8.41. The van der Waals surface area contributed by atoms with Crippen molar-refractivity contribution in [1.82, 2.24) is 5.32 Å². The van der Waals surface area contributed by atoms with E-state index >= 15 is 0 Å². The summed E-state index contributed by atoms with van der Waals surface area (Å²) in [4.78, 5) is 24.6. The summed E-state index contributed by atoms with van der Waals surface area (Å²) in [6, 6.07) is 7.79. The minimum absolute atomic E-state index is 0.0122. The molecule has 2 aliphatic rings. The van der Waals surface area contributed by atoms with Crippen LogP contribution in [0.3, 0.4) is 0 Å². The minimum Gasteiger partial charge on any atom is -0.490 e. The average molecular weight is 313 g/mol. The highest BCUT2D eigenvalue weighted by atomic mass is 16.5. The highest BCUT2D eigenvalue weighted by Gasteiger charge is 2.36. The van der Waals surface area contributed by atoms with Gasteiger partial charge in [0.25, 0.3) is 0 Å². The summed E-state index contributed by atoms with van der Waals surface area (Å²) in [7, 11) is 0. The zero-order chi connectivity index (χ0) is 16.4. The third-order valence-electron chi connectivity index (χ3n) is 4.68. The van der Waals surface area contributed by atoms with Crippen LogP contribution in [0.15, 0.2) is 35.5 Å². The standard InChI is InChI=1S/C19H23NO3/c1-3-12(2)23-17-10-5-4-7-13(17)14-11-18(22)20-15-8-6-9-16(21)19(14)15/h4-5,7,10,12,14H,3,6,8-9,11H2,1-2H3,(H,20,22)/t12-,14+/m1/s1.